The monoisotopic (exact) mass is 552 g/mol. The second-order valence-electron chi connectivity index (χ2n) is 9.25. The van der Waals surface area contributed by atoms with Crippen molar-refractivity contribution in [2.75, 3.05) is 5.75 Å². The van der Waals surface area contributed by atoms with Gasteiger partial charge in [0, 0.05) is 29.7 Å². The molecule has 0 radical (unpaired) electrons. The lowest BCUT2D eigenvalue weighted by molar-refractivity contribution is -0.149. The molecule has 7 N–H and O–H groups in total. The van der Waals surface area contributed by atoms with Crippen LogP contribution in [0.1, 0.15) is 24.8 Å². The van der Waals surface area contributed by atoms with Crippen LogP contribution in [0.4, 0.5) is 0 Å². The Balaban J connectivity index is 1.64. The van der Waals surface area contributed by atoms with Gasteiger partial charge in [0.2, 0.25) is 5.91 Å². The Morgan fingerprint density at radius 1 is 1.00 bits per heavy atom. The van der Waals surface area contributed by atoms with Crippen molar-refractivity contribution in [3.63, 3.8) is 0 Å². The highest BCUT2D eigenvalue weighted by molar-refractivity contribution is 7.98. The molecule has 0 fully saturated rings. The molecule has 0 saturated heterocycles. The van der Waals surface area contributed by atoms with Crippen LogP contribution in [0.25, 0.3) is 11.3 Å². The summed E-state index contributed by atoms with van der Waals surface area (Å²) in [5, 5.41) is 21.3. The van der Waals surface area contributed by atoms with Crippen molar-refractivity contribution in [2.45, 2.75) is 43.1 Å². The number of carbonyl (C=O) groups excluding carboxylic acids is 2. The van der Waals surface area contributed by atoms with Crippen molar-refractivity contribution in [3.8, 4) is 11.3 Å². The van der Waals surface area contributed by atoms with Crippen molar-refractivity contribution in [1.29, 1.82) is 0 Å². The number of nitrogens with two attached hydrogens (primary N) is 2. The molecule has 10 nitrogen and oxygen atoms in total. The van der Waals surface area contributed by atoms with Gasteiger partial charge in [0.05, 0.1) is 17.2 Å². The predicted octanol–water partition coefficient (Wildman–Crippen LogP) is 2.14. The number of thioether (sulfide) groups is 1. The van der Waals surface area contributed by atoms with Crippen LogP contribution in [0.2, 0.25) is 0 Å². The minimum absolute atomic E-state index is 0.0432. The summed E-state index contributed by atoms with van der Waals surface area (Å²) >= 11 is 1.45. The van der Waals surface area contributed by atoms with Gasteiger partial charge in [-0.15, -0.1) is 0 Å². The van der Waals surface area contributed by atoms with Gasteiger partial charge in [-0.3, -0.25) is 19.4 Å². The van der Waals surface area contributed by atoms with Gasteiger partial charge in [0.1, 0.15) is 12.1 Å². The average Bonchev–Trinajstić information content (AvgIpc) is 2.95. The van der Waals surface area contributed by atoms with E-state index in [0.29, 0.717) is 5.75 Å². The summed E-state index contributed by atoms with van der Waals surface area (Å²) in [6.45, 7) is 0. The molecule has 1 aliphatic rings. The minimum atomic E-state index is -1.59. The van der Waals surface area contributed by atoms with Gasteiger partial charge in [0.15, 0.2) is 5.78 Å². The standard InChI is InChI=1S/C28H32N4O6S/c29-20(26(35)36)11-12-23(33)32-24(27(37)38)28(13-3-1-4-14-28)25(34)21(30)17-39-16-18-7-9-19(10-8-18)22-6-2-5-15-31-22/h1-10,13,15,20-21,24H,11-12,14,16-17,29-30H2,(H,32,33)(H,35,36)(H,37,38)/t20-,21-,24-,28?/m0/s1. The van der Waals surface area contributed by atoms with Gasteiger partial charge in [-0.25, -0.2) is 4.79 Å². The zero-order valence-corrected chi connectivity index (χ0v) is 22.0. The van der Waals surface area contributed by atoms with Crippen LogP contribution in [0, 0.1) is 5.41 Å². The molecule has 0 bridgehead atoms. The molecule has 1 aliphatic carbocycles. The van der Waals surface area contributed by atoms with E-state index in [0.717, 1.165) is 16.8 Å². The Bertz CT molecular complexity index is 1230. The lowest BCUT2D eigenvalue weighted by atomic mass is 9.70. The zero-order valence-electron chi connectivity index (χ0n) is 21.2. The van der Waals surface area contributed by atoms with Crippen LogP contribution in [-0.2, 0) is 24.9 Å². The first-order valence-electron chi connectivity index (χ1n) is 12.4. The van der Waals surface area contributed by atoms with Crippen LogP contribution in [0.5, 0.6) is 0 Å². The number of Topliss-reactive ketones (excluding diaryl/α,β-unsaturated/α-hetero) is 1. The summed E-state index contributed by atoms with van der Waals surface area (Å²) in [5.41, 5.74) is 13.0. The number of amides is 1. The topological polar surface area (TPSA) is 186 Å². The normalized spacial score (nSPS) is 18.6. The number of carboxylic acids is 2. The number of nitrogens with zero attached hydrogens (tertiary/aromatic N) is 1. The van der Waals surface area contributed by atoms with Crippen molar-refractivity contribution in [1.82, 2.24) is 10.3 Å². The molecule has 11 heteroatoms. The van der Waals surface area contributed by atoms with Gasteiger partial charge in [-0.2, -0.15) is 11.8 Å². The van der Waals surface area contributed by atoms with Crippen molar-refractivity contribution < 1.29 is 29.4 Å². The molecular formula is C28H32N4O6S. The summed E-state index contributed by atoms with van der Waals surface area (Å²) < 4.78 is 0. The Hall–Kier alpha value is -3.80. The number of carbonyl (C=O) groups is 4. The molecule has 0 aliphatic heterocycles. The lowest BCUT2D eigenvalue weighted by Crippen LogP contribution is -2.59. The van der Waals surface area contributed by atoms with Crippen LogP contribution >= 0.6 is 11.8 Å². The third-order valence-corrected chi connectivity index (χ3v) is 7.57. The largest absolute Gasteiger partial charge is 0.480 e. The summed E-state index contributed by atoms with van der Waals surface area (Å²) in [4.78, 5) is 53.6. The molecule has 0 spiro atoms. The van der Waals surface area contributed by atoms with E-state index in [-0.39, 0.29) is 25.0 Å². The molecule has 4 atom stereocenters. The number of aliphatic carboxylic acids is 2. The maximum absolute atomic E-state index is 13.6. The fourth-order valence-electron chi connectivity index (χ4n) is 4.26. The average molecular weight is 553 g/mol. The van der Waals surface area contributed by atoms with Crippen LogP contribution in [0.3, 0.4) is 0 Å². The number of aromatic nitrogens is 1. The fraction of sp³-hybridized carbons (Fsp3) is 0.321. The molecule has 1 aromatic heterocycles. The Morgan fingerprint density at radius 3 is 2.33 bits per heavy atom. The third-order valence-electron chi connectivity index (χ3n) is 6.44. The molecule has 1 unspecified atom stereocenters. The Morgan fingerprint density at radius 2 is 1.74 bits per heavy atom. The second kappa shape index (κ2) is 13.8. The van der Waals surface area contributed by atoms with Gasteiger partial charge in [-0.05, 0) is 30.5 Å². The van der Waals surface area contributed by atoms with Crippen LogP contribution < -0.4 is 16.8 Å². The summed E-state index contributed by atoms with van der Waals surface area (Å²) in [6, 6.07) is 9.77. The lowest BCUT2D eigenvalue weighted by Gasteiger charge is -2.37. The van der Waals surface area contributed by atoms with E-state index in [1.807, 2.05) is 42.5 Å². The van der Waals surface area contributed by atoms with Crippen molar-refractivity contribution in [3.05, 3.63) is 78.5 Å². The number of rotatable bonds is 14. The molecule has 39 heavy (non-hydrogen) atoms. The van der Waals surface area contributed by atoms with E-state index in [4.69, 9.17) is 16.6 Å². The van der Waals surface area contributed by atoms with E-state index >= 15 is 0 Å². The van der Waals surface area contributed by atoms with E-state index in [9.17, 15) is 24.3 Å². The highest BCUT2D eigenvalue weighted by Crippen LogP contribution is 2.35. The molecule has 1 heterocycles. The van der Waals surface area contributed by atoms with E-state index in [1.165, 1.54) is 17.8 Å². The van der Waals surface area contributed by atoms with Gasteiger partial charge in [-0.1, -0.05) is 54.6 Å². The molecule has 2 aromatic rings. The maximum atomic E-state index is 13.6. The molecule has 1 amide bonds. The number of hydrogen-bond donors (Lipinski definition) is 5. The summed E-state index contributed by atoms with van der Waals surface area (Å²) in [5.74, 6) is -3.05. The predicted molar refractivity (Wildman–Crippen MR) is 149 cm³/mol. The van der Waals surface area contributed by atoms with Crippen molar-refractivity contribution >= 4 is 35.4 Å². The third kappa shape index (κ3) is 7.85. The van der Waals surface area contributed by atoms with E-state index in [2.05, 4.69) is 10.3 Å². The van der Waals surface area contributed by atoms with E-state index < -0.39 is 47.2 Å². The number of pyridine rings is 1. The Kier molecular flexibility index (Phi) is 10.6. The quantitative estimate of drug-likeness (QED) is 0.232. The first kappa shape index (κ1) is 29.8. The summed E-state index contributed by atoms with van der Waals surface area (Å²) in [7, 11) is 0. The van der Waals surface area contributed by atoms with Gasteiger partial charge in [0.25, 0.3) is 0 Å². The van der Waals surface area contributed by atoms with Crippen LogP contribution in [-0.4, -0.2) is 62.7 Å². The highest BCUT2D eigenvalue weighted by atomic mass is 32.2. The number of carboxylic acid groups (broad SMARTS) is 2. The maximum Gasteiger partial charge on any atom is 0.327 e. The first-order chi connectivity index (χ1) is 18.6. The smallest absolute Gasteiger partial charge is 0.327 e. The second-order valence-corrected chi connectivity index (χ2v) is 10.3. The number of allylic oxidation sites excluding steroid dienone is 3. The molecule has 1 aromatic carbocycles. The number of hydrogen-bond acceptors (Lipinski definition) is 8. The van der Waals surface area contributed by atoms with Gasteiger partial charge < -0.3 is 27.0 Å². The SMILES string of the molecule is N[C@@H](CCC(=O)N[C@@H](C(=O)O)C1(C(=O)[C@@H](N)CSCc2ccc(-c3ccccn3)cc2)C=CC=CC1)C(=O)O. The fourth-order valence-corrected chi connectivity index (χ4v) is 5.21. The molecule has 3 rings (SSSR count). The minimum Gasteiger partial charge on any atom is -0.480 e. The number of nitrogens with one attached hydrogen (secondary N) is 1. The van der Waals surface area contributed by atoms with Crippen LogP contribution in [0.15, 0.2) is 73.0 Å². The zero-order chi connectivity index (χ0) is 28.4. The Labute approximate surface area is 230 Å². The summed E-state index contributed by atoms with van der Waals surface area (Å²) in [6.07, 6.45) is 7.67. The first-order valence-corrected chi connectivity index (χ1v) is 13.5. The number of benzene rings is 1. The van der Waals surface area contributed by atoms with Crippen molar-refractivity contribution in [2.24, 2.45) is 16.9 Å². The van der Waals surface area contributed by atoms with E-state index in [1.54, 1.807) is 24.4 Å². The molecule has 206 valence electrons. The van der Waals surface area contributed by atoms with Gasteiger partial charge >= 0.3 is 11.9 Å². The molecule has 0 saturated carbocycles. The highest BCUT2D eigenvalue weighted by Gasteiger charge is 2.49. The number of ketones is 1. The molecular weight excluding hydrogens is 520 g/mol.